The second-order valence-corrected chi connectivity index (χ2v) is 8.86. The van der Waals surface area contributed by atoms with Gasteiger partial charge in [-0.25, -0.2) is 0 Å². The Bertz CT molecular complexity index is 679. The van der Waals surface area contributed by atoms with E-state index in [4.69, 9.17) is 18.9 Å². The van der Waals surface area contributed by atoms with Gasteiger partial charge < -0.3 is 59.8 Å². The van der Waals surface area contributed by atoms with Crippen LogP contribution in [-0.4, -0.2) is 128 Å². The van der Waals surface area contributed by atoms with Crippen molar-refractivity contribution in [1.29, 1.82) is 0 Å². The number of ether oxygens (including phenoxy) is 4. The number of aliphatic hydroxyl groups is 8. The Morgan fingerprint density at radius 3 is 1.85 bits per heavy atom. The summed E-state index contributed by atoms with van der Waals surface area (Å²) in [4.78, 5) is 0. The van der Waals surface area contributed by atoms with Crippen LogP contribution >= 0.6 is 0 Å². The Balaban J connectivity index is 1.94. The van der Waals surface area contributed by atoms with Gasteiger partial charge in [-0.1, -0.05) is 17.7 Å². The van der Waals surface area contributed by atoms with E-state index in [1.165, 1.54) is 0 Å². The first-order valence-corrected chi connectivity index (χ1v) is 11.2. The van der Waals surface area contributed by atoms with Gasteiger partial charge in [-0.2, -0.15) is 0 Å². The molecule has 2 fully saturated rings. The molecule has 12 nitrogen and oxygen atoms in total. The van der Waals surface area contributed by atoms with Crippen molar-refractivity contribution in [2.24, 2.45) is 0 Å². The van der Waals surface area contributed by atoms with Crippen LogP contribution < -0.4 is 0 Å². The minimum Gasteiger partial charge on any atom is -0.394 e. The molecule has 2 saturated heterocycles. The molecule has 0 aliphatic carbocycles. The predicted octanol–water partition coefficient (Wildman–Crippen LogP) is -2.71. The van der Waals surface area contributed by atoms with Crippen LogP contribution in [-0.2, 0) is 18.9 Å². The van der Waals surface area contributed by atoms with E-state index in [1.54, 1.807) is 13.0 Å². The van der Waals surface area contributed by atoms with Crippen LogP contribution in [0.2, 0.25) is 0 Å². The fourth-order valence-electron chi connectivity index (χ4n) is 3.53. The fourth-order valence-corrected chi connectivity index (χ4v) is 3.53. The van der Waals surface area contributed by atoms with E-state index in [1.807, 2.05) is 19.9 Å². The average molecular weight is 495 g/mol. The van der Waals surface area contributed by atoms with Crippen LogP contribution in [0.25, 0.3) is 0 Å². The lowest BCUT2D eigenvalue weighted by atomic mass is 9.98. The van der Waals surface area contributed by atoms with Gasteiger partial charge in [0.2, 0.25) is 0 Å². The van der Waals surface area contributed by atoms with Crippen LogP contribution in [0.1, 0.15) is 27.2 Å². The predicted molar refractivity (Wildman–Crippen MR) is 116 cm³/mol. The van der Waals surface area contributed by atoms with E-state index < -0.39 is 80.7 Å². The van der Waals surface area contributed by atoms with Gasteiger partial charge in [0.05, 0.1) is 25.9 Å². The quantitative estimate of drug-likeness (QED) is 0.146. The molecule has 2 heterocycles. The van der Waals surface area contributed by atoms with Crippen molar-refractivity contribution in [2.45, 2.75) is 94.7 Å². The lowest BCUT2D eigenvalue weighted by Gasteiger charge is -2.42. The summed E-state index contributed by atoms with van der Waals surface area (Å²) < 4.78 is 21.6. The summed E-state index contributed by atoms with van der Waals surface area (Å²) in [6.45, 7) is 4.44. The van der Waals surface area contributed by atoms with Crippen LogP contribution in [0.5, 0.6) is 0 Å². The molecule has 0 unspecified atom stereocenters. The molecule has 8 N–H and O–H groups in total. The van der Waals surface area contributed by atoms with Gasteiger partial charge in [0.25, 0.3) is 0 Å². The highest BCUT2D eigenvalue weighted by molar-refractivity contribution is 5.08. The van der Waals surface area contributed by atoms with Crippen molar-refractivity contribution in [3.8, 4) is 0 Å². The third-order valence-electron chi connectivity index (χ3n) is 5.88. The number of allylic oxidation sites excluding steroid dienone is 1. The third-order valence-corrected chi connectivity index (χ3v) is 5.88. The fraction of sp³-hybridized carbons (Fsp3) is 0.818. The second kappa shape index (κ2) is 13.3. The van der Waals surface area contributed by atoms with Gasteiger partial charge in [-0.3, -0.25) is 0 Å². The summed E-state index contributed by atoms with van der Waals surface area (Å²) in [5.74, 6) is 0. The van der Waals surface area contributed by atoms with Crippen molar-refractivity contribution in [2.75, 3.05) is 19.8 Å². The summed E-state index contributed by atoms with van der Waals surface area (Å²) in [6, 6.07) is 0. The molecule has 198 valence electrons. The number of aliphatic hydroxyl groups excluding tert-OH is 8. The Hall–Kier alpha value is -1.00. The van der Waals surface area contributed by atoms with Crippen LogP contribution in [0, 0.1) is 0 Å². The number of hydrogen-bond donors (Lipinski definition) is 8. The Labute approximate surface area is 198 Å². The van der Waals surface area contributed by atoms with Gasteiger partial charge in [-0.15, -0.1) is 0 Å². The van der Waals surface area contributed by atoms with Crippen LogP contribution in [0.4, 0.5) is 0 Å². The summed E-state index contributed by atoms with van der Waals surface area (Å²) in [6.07, 6.45) is -11.5. The molecule has 12 heteroatoms. The van der Waals surface area contributed by atoms with Crippen LogP contribution in [0.3, 0.4) is 0 Å². The van der Waals surface area contributed by atoms with Crippen molar-refractivity contribution in [3.05, 3.63) is 23.3 Å². The summed E-state index contributed by atoms with van der Waals surface area (Å²) in [7, 11) is 0. The van der Waals surface area contributed by atoms with Gasteiger partial charge in [0, 0.05) is 0 Å². The highest BCUT2D eigenvalue weighted by atomic mass is 16.7. The molecule has 0 radical (unpaired) electrons. The standard InChI is InChI=1S/C22H38O12/c1-10(2)4-5-12(24)11(3)6-7-31-21-19(29)18(28)16(26)14(34-21)9-32-22-20(30)17(27)15(25)13(8-23)33-22/h4,6,12-30H,5,7-9H2,1-3H3/b11-6+/t12-,13+,14+,15-,16-,17-,18-,19+,20+,21+,22+/m0/s1. The van der Waals surface area contributed by atoms with E-state index in [0.29, 0.717) is 12.0 Å². The van der Waals surface area contributed by atoms with E-state index >= 15 is 0 Å². The molecule has 2 aliphatic heterocycles. The van der Waals surface area contributed by atoms with Crippen molar-refractivity contribution in [3.63, 3.8) is 0 Å². The Morgan fingerprint density at radius 2 is 1.29 bits per heavy atom. The SMILES string of the molecule is CC(C)=CC[C@H](O)/C(C)=C/CO[C@@H]1O[C@H](CO[C@@H]2O[C@H](CO)[C@H](O)[C@H](O)[C@H]2O)[C@H](O)[C@H](O)[C@H]1O. The highest BCUT2D eigenvalue weighted by Gasteiger charge is 2.47. The largest absolute Gasteiger partial charge is 0.394 e. The molecule has 0 aromatic heterocycles. The molecule has 34 heavy (non-hydrogen) atoms. The monoisotopic (exact) mass is 494 g/mol. The first-order valence-electron chi connectivity index (χ1n) is 11.2. The van der Waals surface area contributed by atoms with E-state index in [-0.39, 0.29) is 6.61 Å². The second-order valence-electron chi connectivity index (χ2n) is 8.86. The maximum Gasteiger partial charge on any atom is 0.187 e. The average Bonchev–Trinajstić information content (AvgIpc) is 2.81. The van der Waals surface area contributed by atoms with Crippen molar-refractivity contribution in [1.82, 2.24) is 0 Å². The lowest BCUT2D eigenvalue weighted by Crippen LogP contribution is -2.61. The van der Waals surface area contributed by atoms with Gasteiger partial charge in [0.1, 0.15) is 48.8 Å². The topological polar surface area (TPSA) is 199 Å². The summed E-state index contributed by atoms with van der Waals surface area (Å²) in [5.41, 5.74) is 1.72. The molecule has 0 saturated carbocycles. The van der Waals surface area contributed by atoms with Crippen molar-refractivity contribution >= 4 is 0 Å². The smallest absolute Gasteiger partial charge is 0.187 e. The number of hydrogen-bond acceptors (Lipinski definition) is 12. The van der Waals surface area contributed by atoms with Gasteiger partial charge in [0.15, 0.2) is 12.6 Å². The maximum absolute atomic E-state index is 10.2. The summed E-state index contributed by atoms with van der Waals surface area (Å²) >= 11 is 0. The zero-order chi connectivity index (χ0) is 25.6. The van der Waals surface area contributed by atoms with Crippen molar-refractivity contribution < 1.29 is 59.8 Å². The molecule has 0 amide bonds. The van der Waals surface area contributed by atoms with Crippen LogP contribution in [0.15, 0.2) is 23.3 Å². The molecule has 2 aliphatic rings. The molecule has 2 rings (SSSR count). The van der Waals surface area contributed by atoms with E-state index in [2.05, 4.69) is 0 Å². The molecule has 0 aromatic rings. The molecule has 0 spiro atoms. The first-order chi connectivity index (χ1) is 16.0. The van der Waals surface area contributed by atoms with E-state index in [0.717, 1.165) is 5.57 Å². The van der Waals surface area contributed by atoms with Gasteiger partial charge >= 0.3 is 0 Å². The third kappa shape index (κ3) is 7.50. The summed E-state index contributed by atoms with van der Waals surface area (Å²) in [5, 5.41) is 79.8. The number of rotatable bonds is 10. The highest BCUT2D eigenvalue weighted by Crippen LogP contribution is 2.26. The zero-order valence-corrected chi connectivity index (χ0v) is 19.5. The van der Waals surface area contributed by atoms with Gasteiger partial charge in [-0.05, 0) is 32.8 Å². The Morgan fingerprint density at radius 1 is 0.765 bits per heavy atom. The maximum atomic E-state index is 10.2. The minimum absolute atomic E-state index is 0.0530. The van der Waals surface area contributed by atoms with E-state index in [9.17, 15) is 40.9 Å². The normalized spacial score (nSPS) is 40.1. The first kappa shape index (κ1) is 29.2. The minimum atomic E-state index is -1.65. The molecular weight excluding hydrogens is 456 g/mol. The molecule has 0 bridgehead atoms. The zero-order valence-electron chi connectivity index (χ0n) is 19.5. The molecular formula is C22H38O12. The Kier molecular flexibility index (Phi) is 11.5. The molecule has 11 atom stereocenters. The molecule has 0 aromatic carbocycles. The lowest BCUT2D eigenvalue weighted by molar-refractivity contribution is -0.330.